The highest BCUT2D eigenvalue weighted by molar-refractivity contribution is 6.67. The van der Waals surface area contributed by atoms with Crippen molar-refractivity contribution in [3.05, 3.63) is 33.2 Å². The molecule has 0 atom stereocenters. The molecule has 4 nitrogen and oxygen atoms in total. The first-order chi connectivity index (χ1) is 6.97. The maximum atomic E-state index is 12.2. The summed E-state index contributed by atoms with van der Waals surface area (Å²) < 4.78 is 24.4. The van der Waals surface area contributed by atoms with Gasteiger partial charge in [0.15, 0.2) is 0 Å². The number of aromatic amines is 1. The zero-order chi connectivity index (χ0) is 11.6. The SMILES string of the molecule is N#Cc1cc(C(F)F)[nH]c(=O)c1C(=O)Cl. The van der Waals surface area contributed by atoms with Gasteiger partial charge >= 0.3 is 0 Å². The van der Waals surface area contributed by atoms with E-state index in [9.17, 15) is 18.4 Å². The van der Waals surface area contributed by atoms with Crippen LogP contribution in [0.5, 0.6) is 0 Å². The summed E-state index contributed by atoms with van der Waals surface area (Å²) in [6.07, 6.45) is -2.93. The van der Waals surface area contributed by atoms with Gasteiger partial charge in [-0.2, -0.15) is 5.26 Å². The number of nitrogens with zero attached hydrogens (tertiary/aromatic N) is 1. The second-order valence-electron chi connectivity index (χ2n) is 2.53. The number of nitrogens with one attached hydrogen (secondary N) is 1. The first-order valence-electron chi connectivity index (χ1n) is 3.62. The fraction of sp³-hybridized carbons (Fsp3) is 0.125. The maximum Gasteiger partial charge on any atom is 0.278 e. The number of pyridine rings is 1. The van der Waals surface area contributed by atoms with E-state index in [2.05, 4.69) is 0 Å². The number of rotatable bonds is 2. The Kier molecular flexibility index (Phi) is 3.17. The maximum absolute atomic E-state index is 12.2. The van der Waals surface area contributed by atoms with E-state index >= 15 is 0 Å². The van der Waals surface area contributed by atoms with Crippen molar-refractivity contribution in [3.63, 3.8) is 0 Å². The molecule has 0 aliphatic carbocycles. The number of hydrogen-bond donors (Lipinski definition) is 1. The van der Waals surface area contributed by atoms with Gasteiger partial charge in [-0.1, -0.05) is 0 Å². The van der Waals surface area contributed by atoms with Crippen molar-refractivity contribution in [1.29, 1.82) is 5.26 Å². The highest BCUT2D eigenvalue weighted by atomic mass is 35.5. The van der Waals surface area contributed by atoms with E-state index in [1.165, 1.54) is 6.07 Å². The van der Waals surface area contributed by atoms with Crippen molar-refractivity contribution in [2.45, 2.75) is 6.43 Å². The Labute approximate surface area is 87.1 Å². The number of halogens is 3. The molecule has 0 saturated carbocycles. The minimum absolute atomic E-state index is 0.464. The highest BCUT2D eigenvalue weighted by Gasteiger charge is 2.18. The standard InChI is InChI=1S/C8H3ClF2N2O2/c9-6(14)5-3(2-12)1-4(7(10)11)13-8(5)15/h1,7H,(H,13,15). The quantitative estimate of drug-likeness (QED) is 0.787. The van der Waals surface area contributed by atoms with Crippen LogP contribution in [0.25, 0.3) is 0 Å². The van der Waals surface area contributed by atoms with Crippen LogP contribution >= 0.6 is 11.6 Å². The summed E-state index contributed by atoms with van der Waals surface area (Å²) in [5, 5.41) is 7.38. The predicted molar refractivity (Wildman–Crippen MR) is 46.9 cm³/mol. The van der Waals surface area contributed by atoms with Gasteiger partial charge in [-0.3, -0.25) is 9.59 Å². The second kappa shape index (κ2) is 4.19. The lowest BCUT2D eigenvalue weighted by Gasteiger charge is -2.02. The van der Waals surface area contributed by atoms with Gasteiger partial charge in [-0.25, -0.2) is 8.78 Å². The van der Waals surface area contributed by atoms with E-state index in [1.54, 1.807) is 4.98 Å². The lowest BCUT2D eigenvalue weighted by atomic mass is 10.1. The number of nitriles is 1. The zero-order valence-corrected chi connectivity index (χ0v) is 7.81. The van der Waals surface area contributed by atoms with E-state index < -0.39 is 34.0 Å². The molecule has 1 rings (SSSR count). The van der Waals surface area contributed by atoms with Gasteiger partial charge < -0.3 is 4.98 Å². The Morgan fingerprint density at radius 3 is 2.60 bits per heavy atom. The molecule has 1 aromatic rings. The smallest absolute Gasteiger partial charge is 0.278 e. The summed E-state index contributed by atoms with van der Waals surface area (Å²) in [7, 11) is 0. The summed E-state index contributed by atoms with van der Waals surface area (Å²) in [6.45, 7) is 0. The van der Waals surface area contributed by atoms with Crippen molar-refractivity contribution in [3.8, 4) is 6.07 Å². The van der Waals surface area contributed by atoms with Crippen LogP contribution in [0.15, 0.2) is 10.9 Å². The van der Waals surface area contributed by atoms with Crippen LogP contribution in [0.3, 0.4) is 0 Å². The molecule has 15 heavy (non-hydrogen) atoms. The van der Waals surface area contributed by atoms with Crippen molar-refractivity contribution in [2.24, 2.45) is 0 Å². The van der Waals surface area contributed by atoms with Gasteiger partial charge in [0.25, 0.3) is 17.2 Å². The molecule has 7 heteroatoms. The number of H-pyrrole nitrogens is 1. The third-order valence-electron chi connectivity index (χ3n) is 1.61. The third-order valence-corrected chi connectivity index (χ3v) is 1.80. The van der Waals surface area contributed by atoms with Gasteiger partial charge in [0.05, 0.1) is 11.3 Å². The molecule has 0 spiro atoms. The molecule has 1 aromatic heterocycles. The molecule has 0 unspecified atom stereocenters. The van der Waals surface area contributed by atoms with Gasteiger partial charge in [0.1, 0.15) is 11.6 Å². The first-order valence-corrected chi connectivity index (χ1v) is 4.00. The minimum Gasteiger partial charge on any atom is -0.320 e. The van der Waals surface area contributed by atoms with Gasteiger partial charge in [-0.15, -0.1) is 0 Å². The predicted octanol–water partition coefficient (Wildman–Crippen LogP) is 1.56. The summed E-state index contributed by atoms with van der Waals surface area (Å²) in [5.41, 5.74) is -2.90. The summed E-state index contributed by atoms with van der Waals surface area (Å²) in [5.74, 6) is 0. The Hall–Kier alpha value is -1.74. The summed E-state index contributed by atoms with van der Waals surface area (Å²) in [4.78, 5) is 23.6. The van der Waals surface area contributed by atoms with Crippen molar-refractivity contribution in [1.82, 2.24) is 4.98 Å². The summed E-state index contributed by atoms with van der Waals surface area (Å²) in [6, 6.07) is 2.18. The fourth-order valence-corrected chi connectivity index (χ4v) is 1.17. The van der Waals surface area contributed by atoms with E-state index in [1.807, 2.05) is 0 Å². The van der Waals surface area contributed by atoms with Crippen LogP contribution in [0, 0.1) is 11.3 Å². The summed E-state index contributed by atoms with van der Waals surface area (Å²) >= 11 is 5.03. The number of carbonyl (C=O) groups is 1. The van der Waals surface area contributed by atoms with Crippen molar-refractivity contribution >= 4 is 16.8 Å². The van der Waals surface area contributed by atoms with Gasteiger partial charge in [-0.05, 0) is 17.7 Å². The molecule has 0 aliphatic rings. The number of alkyl halides is 2. The van der Waals surface area contributed by atoms with E-state index in [0.717, 1.165) is 6.07 Å². The van der Waals surface area contributed by atoms with Crippen LogP contribution in [-0.2, 0) is 0 Å². The Morgan fingerprint density at radius 1 is 1.60 bits per heavy atom. The van der Waals surface area contributed by atoms with E-state index in [0.29, 0.717) is 0 Å². The van der Waals surface area contributed by atoms with Crippen LogP contribution in [0.1, 0.15) is 28.0 Å². The molecule has 0 bridgehead atoms. The van der Waals surface area contributed by atoms with Crippen LogP contribution in [-0.4, -0.2) is 10.2 Å². The molecule has 0 radical (unpaired) electrons. The van der Waals surface area contributed by atoms with E-state index in [-0.39, 0.29) is 0 Å². The minimum atomic E-state index is -2.93. The van der Waals surface area contributed by atoms with Gasteiger partial charge in [0.2, 0.25) is 0 Å². The van der Waals surface area contributed by atoms with Crippen LogP contribution in [0.2, 0.25) is 0 Å². The monoisotopic (exact) mass is 232 g/mol. The lowest BCUT2D eigenvalue weighted by molar-refractivity contribution is 0.107. The molecule has 0 aromatic carbocycles. The highest BCUT2D eigenvalue weighted by Crippen LogP contribution is 2.17. The molecular weight excluding hydrogens is 230 g/mol. The number of carbonyl (C=O) groups excluding carboxylic acids is 1. The van der Waals surface area contributed by atoms with Crippen LogP contribution in [0.4, 0.5) is 8.78 Å². The molecule has 78 valence electrons. The lowest BCUT2D eigenvalue weighted by Crippen LogP contribution is -2.19. The second-order valence-corrected chi connectivity index (χ2v) is 2.87. The average Bonchev–Trinajstić information content (AvgIpc) is 2.15. The average molecular weight is 233 g/mol. The third kappa shape index (κ3) is 2.19. The van der Waals surface area contributed by atoms with Crippen molar-refractivity contribution in [2.75, 3.05) is 0 Å². The molecule has 0 aliphatic heterocycles. The molecule has 0 fully saturated rings. The zero-order valence-electron chi connectivity index (χ0n) is 7.05. The molecule has 0 amide bonds. The van der Waals surface area contributed by atoms with E-state index in [4.69, 9.17) is 16.9 Å². The van der Waals surface area contributed by atoms with Gasteiger partial charge in [0, 0.05) is 0 Å². The Morgan fingerprint density at radius 2 is 2.20 bits per heavy atom. The Bertz CT molecular complexity index is 504. The fourth-order valence-electron chi connectivity index (χ4n) is 0.981. The number of hydrogen-bond acceptors (Lipinski definition) is 3. The molecule has 1 heterocycles. The van der Waals surface area contributed by atoms with Crippen molar-refractivity contribution < 1.29 is 13.6 Å². The molecular formula is C8H3ClF2N2O2. The molecule has 1 N–H and O–H groups in total. The largest absolute Gasteiger partial charge is 0.320 e. The molecule has 0 saturated heterocycles. The normalized spacial score (nSPS) is 10.1. The first kappa shape index (κ1) is 11.3. The Balaban J connectivity index is 3.54. The number of aromatic nitrogens is 1. The van der Waals surface area contributed by atoms with Crippen LogP contribution < -0.4 is 5.56 Å². The topological polar surface area (TPSA) is 73.7 Å².